The molecule has 0 aliphatic carbocycles. The number of aromatic carboxylic acids is 1. The minimum absolute atomic E-state index is 0.0473. The molecule has 0 saturated heterocycles. The number of halogens is 3. The Labute approximate surface area is 93.2 Å². The maximum atomic E-state index is 13.3. The van der Waals surface area contributed by atoms with E-state index in [1.165, 1.54) is 0 Å². The first-order valence-corrected chi connectivity index (χ1v) is 4.25. The Bertz CT molecular complexity index is 433. The number of benzene rings is 1. The SMILES string of the molecule is O=COc1cc(Cl)c(Cl)c(C(=O)O)c1F. The van der Waals surface area contributed by atoms with Crippen molar-refractivity contribution < 1.29 is 23.8 Å². The van der Waals surface area contributed by atoms with Gasteiger partial charge in [0, 0.05) is 6.07 Å². The molecule has 0 atom stereocenters. The summed E-state index contributed by atoms with van der Waals surface area (Å²) >= 11 is 11.0. The van der Waals surface area contributed by atoms with Gasteiger partial charge in [-0.2, -0.15) is 0 Å². The summed E-state index contributed by atoms with van der Waals surface area (Å²) in [5, 5.41) is 7.98. The molecule has 0 aromatic heterocycles. The number of carbonyl (C=O) groups is 2. The van der Waals surface area contributed by atoms with E-state index in [0.717, 1.165) is 6.07 Å². The molecule has 80 valence electrons. The second-order valence-electron chi connectivity index (χ2n) is 2.38. The van der Waals surface area contributed by atoms with Crippen molar-refractivity contribution in [2.75, 3.05) is 0 Å². The molecule has 0 unspecified atom stereocenters. The van der Waals surface area contributed by atoms with Gasteiger partial charge < -0.3 is 9.84 Å². The lowest BCUT2D eigenvalue weighted by Crippen LogP contribution is -2.05. The summed E-state index contributed by atoms with van der Waals surface area (Å²) in [5.41, 5.74) is -0.832. The van der Waals surface area contributed by atoms with E-state index < -0.39 is 28.1 Å². The molecule has 1 N–H and O–H groups in total. The molecular weight excluding hydrogens is 250 g/mol. The predicted molar refractivity (Wildman–Crippen MR) is 50.1 cm³/mol. The lowest BCUT2D eigenvalue weighted by molar-refractivity contribution is -0.120. The van der Waals surface area contributed by atoms with Gasteiger partial charge in [0.15, 0.2) is 11.6 Å². The largest absolute Gasteiger partial charge is 0.478 e. The molecule has 4 nitrogen and oxygen atoms in total. The molecule has 7 heteroatoms. The maximum absolute atomic E-state index is 13.3. The summed E-state index contributed by atoms with van der Waals surface area (Å²) in [6.45, 7) is -0.0473. The van der Waals surface area contributed by atoms with Crippen LogP contribution in [0.3, 0.4) is 0 Å². The zero-order valence-corrected chi connectivity index (χ0v) is 8.47. The Kier molecular flexibility index (Phi) is 3.49. The highest BCUT2D eigenvalue weighted by Crippen LogP contribution is 2.34. The molecule has 15 heavy (non-hydrogen) atoms. The minimum atomic E-state index is -1.60. The summed E-state index contributed by atoms with van der Waals surface area (Å²) < 4.78 is 17.5. The molecule has 0 spiro atoms. The monoisotopic (exact) mass is 252 g/mol. The lowest BCUT2D eigenvalue weighted by Gasteiger charge is -2.06. The summed E-state index contributed by atoms with van der Waals surface area (Å²) in [6.07, 6.45) is 0. The van der Waals surface area contributed by atoms with Crippen molar-refractivity contribution in [3.05, 3.63) is 27.5 Å². The van der Waals surface area contributed by atoms with Gasteiger partial charge in [0.2, 0.25) is 0 Å². The van der Waals surface area contributed by atoms with E-state index in [9.17, 15) is 14.0 Å². The van der Waals surface area contributed by atoms with Crippen LogP contribution >= 0.6 is 23.2 Å². The summed E-state index contributed by atoms with van der Waals surface area (Å²) in [7, 11) is 0. The fourth-order valence-corrected chi connectivity index (χ4v) is 1.32. The van der Waals surface area contributed by atoms with Crippen LogP contribution in [0.25, 0.3) is 0 Å². The first kappa shape index (κ1) is 11.7. The number of carboxylic acid groups (broad SMARTS) is 1. The van der Waals surface area contributed by atoms with Gasteiger partial charge in [0.1, 0.15) is 5.56 Å². The molecular formula is C8H3Cl2FO4. The van der Waals surface area contributed by atoms with Crippen LogP contribution in [0.4, 0.5) is 4.39 Å². The predicted octanol–water partition coefficient (Wildman–Crippen LogP) is 2.37. The van der Waals surface area contributed by atoms with E-state index >= 15 is 0 Å². The average molecular weight is 253 g/mol. The van der Waals surface area contributed by atoms with Crippen LogP contribution in [0.1, 0.15) is 10.4 Å². The van der Waals surface area contributed by atoms with Crippen LogP contribution in [0.5, 0.6) is 5.75 Å². The van der Waals surface area contributed by atoms with Gasteiger partial charge in [-0.05, 0) is 0 Å². The maximum Gasteiger partial charge on any atom is 0.340 e. The Morgan fingerprint density at radius 1 is 1.53 bits per heavy atom. The zero-order chi connectivity index (χ0) is 11.6. The fraction of sp³-hybridized carbons (Fsp3) is 0. The van der Waals surface area contributed by atoms with E-state index in [1.54, 1.807) is 0 Å². The van der Waals surface area contributed by atoms with E-state index in [4.69, 9.17) is 28.3 Å². The summed E-state index contributed by atoms with van der Waals surface area (Å²) in [6, 6.07) is 0.917. The van der Waals surface area contributed by atoms with E-state index in [1.807, 2.05) is 0 Å². The molecule has 0 aliphatic heterocycles. The molecule has 1 aromatic rings. The van der Waals surface area contributed by atoms with Crippen LogP contribution in [-0.4, -0.2) is 17.5 Å². The number of ether oxygens (including phenoxy) is 1. The Balaban J connectivity index is 3.48. The third-order valence-corrected chi connectivity index (χ3v) is 2.30. The first-order chi connectivity index (χ1) is 6.99. The quantitative estimate of drug-likeness (QED) is 0.663. The van der Waals surface area contributed by atoms with Crippen molar-refractivity contribution in [2.45, 2.75) is 0 Å². The fourth-order valence-electron chi connectivity index (χ4n) is 0.906. The standard InChI is InChI=1S/C8H3Cl2FO4/c9-3-1-4(15-2-12)7(11)5(6(3)10)8(13)14/h1-2H,(H,13,14). The van der Waals surface area contributed by atoms with Gasteiger partial charge >= 0.3 is 5.97 Å². The third kappa shape index (κ3) is 2.19. The molecule has 0 bridgehead atoms. The van der Waals surface area contributed by atoms with Gasteiger partial charge in [-0.1, -0.05) is 23.2 Å². The van der Waals surface area contributed by atoms with E-state index in [-0.39, 0.29) is 11.5 Å². The highest BCUT2D eigenvalue weighted by Gasteiger charge is 2.22. The van der Waals surface area contributed by atoms with Crippen molar-refractivity contribution in [3.8, 4) is 5.75 Å². The molecule has 0 aliphatic rings. The van der Waals surface area contributed by atoms with Crippen molar-refractivity contribution in [1.29, 1.82) is 0 Å². The van der Waals surface area contributed by atoms with Crippen molar-refractivity contribution in [1.82, 2.24) is 0 Å². The topological polar surface area (TPSA) is 63.6 Å². The van der Waals surface area contributed by atoms with Gasteiger partial charge in [-0.15, -0.1) is 0 Å². The molecule has 1 rings (SSSR count). The number of rotatable bonds is 3. The van der Waals surface area contributed by atoms with E-state index in [0.29, 0.717) is 0 Å². The molecule has 0 heterocycles. The normalized spacial score (nSPS) is 9.80. The van der Waals surface area contributed by atoms with Crippen molar-refractivity contribution in [3.63, 3.8) is 0 Å². The number of carbonyl (C=O) groups excluding carboxylic acids is 1. The van der Waals surface area contributed by atoms with Gasteiger partial charge in [-0.3, -0.25) is 4.79 Å². The Morgan fingerprint density at radius 3 is 2.60 bits per heavy atom. The van der Waals surface area contributed by atoms with Crippen LogP contribution in [0.15, 0.2) is 6.07 Å². The molecule has 1 aromatic carbocycles. The molecule has 0 fully saturated rings. The number of hydrogen-bond donors (Lipinski definition) is 1. The molecule has 0 amide bonds. The van der Waals surface area contributed by atoms with Gasteiger partial charge in [0.05, 0.1) is 10.0 Å². The van der Waals surface area contributed by atoms with Gasteiger partial charge in [0.25, 0.3) is 6.47 Å². The van der Waals surface area contributed by atoms with Crippen LogP contribution < -0.4 is 4.74 Å². The zero-order valence-electron chi connectivity index (χ0n) is 6.96. The van der Waals surface area contributed by atoms with Crippen molar-refractivity contribution in [2.24, 2.45) is 0 Å². The number of carboxylic acids is 1. The first-order valence-electron chi connectivity index (χ1n) is 3.50. The highest BCUT2D eigenvalue weighted by molar-refractivity contribution is 6.43. The number of hydrogen-bond acceptors (Lipinski definition) is 3. The van der Waals surface area contributed by atoms with Crippen molar-refractivity contribution >= 4 is 35.6 Å². The third-order valence-electron chi connectivity index (χ3n) is 1.51. The Hall–Kier alpha value is -1.33. The van der Waals surface area contributed by atoms with E-state index in [2.05, 4.69) is 4.74 Å². The lowest BCUT2D eigenvalue weighted by atomic mass is 10.2. The molecule has 0 saturated carbocycles. The van der Waals surface area contributed by atoms with Crippen LogP contribution in [-0.2, 0) is 4.79 Å². The second kappa shape index (κ2) is 4.46. The van der Waals surface area contributed by atoms with Crippen LogP contribution in [0.2, 0.25) is 10.0 Å². The Morgan fingerprint density at radius 2 is 2.13 bits per heavy atom. The minimum Gasteiger partial charge on any atom is -0.478 e. The summed E-state index contributed by atoms with van der Waals surface area (Å²) in [4.78, 5) is 20.6. The highest BCUT2D eigenvalue weighted by atomic mass is 35.5. The van der Waals surface area contributed by atoms with Gasteiger partial charge in [-0.25, -0.2) is 9.18 Å². The van der Waals surface area contributed by atoms with Crippen LogP contribution in [0, 0.1) is 5.82 Å². The second-order valence-corrected chi connectivity index (χ2v) is 3.16. The summed E-state index contributed by atoms with van der Waals surface area (Å²) in [5.74, 6) is -3.43. The molecule has 0 radical (unpaired) electrons. The average Bonchev–Trinajstić information content (AvgIpc) is 2.14. The smallest absolute Gasteiger partial charge is 0.340 e.